The molecule has 0 atom stereocenters. The van der Waals surface area contributed by atoms with E-state index in [1.807, 2.05) is 18.2 Å². The average molecular weight is 379 g/mol. The highest BCUT2D eigenvalue weighted by Crippen LogP contribution is 2.33. The monoisotopic (exact) mass is 379 g/mol. The molecule has 2 aromatic carbocycles. The van der Waals surface area contributed by atoms with E-state index in [4.69, 9.17) is 9.47 Å². The zero-order chi connectivity index (χ0) is 19.7. The maximum atomic E-state index is 13.5. The van der Waals surface area contributed by atoms with E-state index in [0.29, 0.717) is 28.2 Å². The van der Waals surface area contributed by atoms with Crippen molar-refractivity contribution in [2.24, 2.45) is 0 Å². The van der Waals surface area contributed by atoms with Gasteiger partial charge in [0.15, 0.2) is 5.65 Å². The summed E-state index contributed by atoms with van der Waals surface area (Å²) in [6.07, 6.45) is 1.68. The molecule has 2 heterocycles. The second kappa shape index (κ2) is 7.19. The molecule has 0 saturated carbocycles. The van der Waals surface area contributed by atoms with Crippen molar-refractivity contribution in [3.63, 3.8) is 0 Å². The quantitative estimate of drug-likeness (QED) is 0.575. The maximum Gasteiger partial charge on any atom is 0.327 e. The summed E-state index contributed by atoms with van der Waals surface area (Å²) in [5, 5.41) is 0. The summed E-state index contributed by atoms with van der Waals surface area (Å²) >= 11 is 0. The third-order valence-corrected chi connectivity index (χ3v) is 4.58. The van der Waals surface area contributed by atoms with E-state index in [-0.39, 0.29) is 18.1 Å². The number of ether oxygens (including phenoxy) is 2. The summed E-state index contributed by atoms with van der Waals surface area (Å²) in [4.78, 5) is 19.5. The van der Waals surface area contributed by atoms with Crippen LogP contribution < -0.4 is 15.2 Å². The second-order valence-electron chi connectivity index (χ2n) is 6.30. The molecule has 28 heavy (non-hydrogen) atoms. The molecule has 2 aromatic heterocycles. The SMILES string of the molecule is COc1ccc(-c2cnc3[nH]c(=O)n(Cc4cccc(F)c4)c3c2)c(OC)c1. The van der Waals surface area contributed by atoms with Crippen molar-refractivity contribution in [1.82, 2.24) is 14.5 Å². The molecule has 7 heteroatoms. The van der Waals surface area contributed by atoms with Crippen LogP contribution in [0.25, 0.3) is 22.3 Å². The van der Waals surface area contributed by atoms with Gasteiger partial charge in [-0.1, -0.05) is 12.1 Å². The summed E-state index contributed by atoms with van der Waals surface area (Å²) in [5.74, 6) is 0.974. The summed E-state index contributed by atoms with van der Waals surface area (Å²) in [5.41, 5.74) is 3.10. The lowest BCUT2D eigenvalue weighted by molar-refractivity contribution is 0.395. The normalized spacial score (nSPS) is 11.0. The Bertz CT molecular complexity index is 1210. The molecule has 0 aliphatic heterocycles. The largest absolute Gasteiger partial charge is 0.497 e. The Balaban J connectivity index is 1.82. The van der Waals surface area contributed by atoms with E-state index < -0.39 is 0 Å². The smallest absolute Gasteiger partial charge is 0.327 e. The minimum absolute atomic E-state index is 0.238. The van der Waals surface area contributed by atoms with Gasteiger partial charge in [-0.3, -0.25) is 9.55 Å². The van der Waals surface area contributed by atoms with Gasteiger partial charge in [0.2, 0.25) is 0 Å². The number of aromatic amines is 1. The Hall–Kier alpha value is -3.61. The molecule has 4 rings (SSSR count). The topological polar surface area (TPSA) is 69.1 Å². The number of H-pyrrole nitrogens is 1. The van der Waals surface area contributed by atoms with E-state index in [9.17, 15) is 9.18 Å². The molecule has 0 fully saturated rings. The number of nitrogens with one attached hydrogen (secondary N) is 1. The van der Waals surface area contributed by atoms with Gasteiger partial charge in [0, 0.05) is 23.4 Å². The highest BCUT2D eigenvalue weighted by Gasteiger charge is 2.13. The van der Waals surface area contributed by atoms with Gasteiger partial charge in [0.1, 0.15) is 17.3 Å². The van der Waals surface area contributed by atoms with Crippen LogP contribution in [0.1, 0.15) is 5.56 Å². The first-order valence-electron chi connectivity index (χ1n) is 8.64. The van der Waals surface area contributed by atoms with Gasteiger partial charge in [0.05, 0.1) is 26.3 Å². The Morgan fingerprint density at radius 3 is 2.71 bits per heavy atom. The number of methoxy groups -OCH3 is 2. The number of hydrogen-bond donors (Lipinski definition) is 1. The first kappa shape index (κ1) is 17.8. The number of nitrogens with zero attached hydrogens (tertiary/aromatic N) is 2. The molecular weight excluding hydrogens is 361 g/mol. The molecule has 0 bridgehead atoms. The molecular formula is C21H18FN3O3. The Kier molecular flexibility index (Phi) is 4.57. The highest BCUT2D eigenvalue weighted by molar-refractivity contribution is 5.80. The molecule has 0 spiro atoms. The summed E-state index contributed by atoms with van der Waals surface area (Å²) in [7, 11) is 3.17. The zero-order valence-electron chi connectivity index (χ0n) is 15.4. The zero-order valence-corrected chi connectivity index (χ0v) is 15.4. The van der Waals surface area contributed by atoms with Crippen LogP contribution >= 0.6 is 0 Å². The van der Waals surface area contributed by atoms with Gasteiger partial charge in [0.25, 0.3) is 0 Å². The van der Waals surface area contributed by atoms with Crippen LogP contribution in [0.4, 0.5) is 4.39 Å². The van der Waals surface area contributed by atoms with Crippen LogP contribution in [0.15, 0.2) is 59.5 Å². The first-order valence-corrected chi connectivity index (χ1v) is 8.64. The molecule has 0 saturated heterocycles. The third-order valence-electron chi connectivity index (χ3n) is 4.58. The number of rotatable bonds is 5. The summed E-state index contributed by atoms with van der Waals surface area (Å²) in [6.45, 7) is 0.238. The molecule has 4 aromatic rings. The third kappa shape index (κ3) is 3.22. The maximum absolute atomic E-state index is 13.5. The number of pyridine rings is 1. The van der Waals surface area contributed by atoms with Gasteiger partial charge in [-0.05, 0) is 35.9 Å². The average Bonchev–Trinajstić information content (AvgIpc) is 3.02. The van der Waals surface area contributed by atoms with Crippen LogP contribution in [-0.2, 0) is 6.54 Å². The van der Waals surface area contributed by atoms with Crippen LogP contribution in [0.5, 0.6) is 11.5 Å². The van der Waals surface area contributed by atoms with Gasteiger partial charge >= 0.3 is 5.69 Å². The predicted molar refractivity (Wildman–Crippen MR) is 104 cm³/mol. The van der Waals surface area contributed by atoms with Crippen molar-refractivity contribution in [1.29, 1.82) is 0 Å². The van der Waals surface area contributed by atoms with Crippen LogP contribution in [0.3, 0.4) is 0 Å². The molecule has 6 nitrogen and oxygen atoms in total. The van der Waals surface area contributed by atoms with Crippen molar-refractivity contribution in [3.8, 4) is 22.6 Å². The van der Waals surface area contributed by atoms with E-state index in [1.54, 1.807) is 38.6 Å². The minimum Gasteiger partial charge on any atom is -0.497 e. The number of aromatic nitrogens is 3. The van der Waals surface area contributed by atoms with Crippen molar-refractivity contribution in [2.45, 2.75) is 6.54 Å². The molecule has 1 N–H and O–H groups in total. The van der Waals surface area contributed by atoms with Crippen molar-refractivity contribution < 1.29 is 13.9 Å². The van der Waals surface area contributed by atoms with Crippen molar-refractivity contribution in [3.05, 3.63) is 76.6 Å². The lowest BCUT2D eigenvalue weighted by atomic mass is 10.1. The molecule has 0 aliphatic rings. The molecule has 142 valence electrons. The molecule has 0 radical (unpaired) electrons. The van der Waals surface area contributed by atoms with Gasteiger partial charge in [-0.25, -0.2) is 14.2 Å². The predicted octanol–water partition coefficient (Wildman–Crippen LogP) is 3.60. The standard InChI is InChI=1S/C21H18FN3O3/c1-27-16-6-7-17(19(10-16)28-2)14-9-18-20(23-11-14)24-21(26)25(18)12-13-4-3-5-15(22)8-13/h3-11H,12H2,1-2H3,(H,23,24,26). The number of hydrogen-bond acceptors (Lipinski definition) is 4. The first-order chi connectivity index (χ1) is 13.6. The fraction of sp³-hybridized carbons (Fsp3) is 0.143. The van der Waals surface area contributed by atoms with E-state index in [1.165, 1.54) is 16.7 Å². The second-order valence-corrected chi connectivity index (χ2v) is 6.30. The van der Waals surface area contributed by atoms with Gasteiger partial charge < -0.3 is 9.47 Å². The van der Waals surface area contributed by atoms with Crippen LogP contribution in [0.2, 0.25) is 0 Å². The van der Waals surface area contributed by atoms with Crippen LogP contribution in [-0.4, -0.2) is 28.8 Å². The number of halogens is 1. The molecule has 0 unspecified atom stereocenters. The number of imidazole rings is 1. The lowest BCUT2D eigenvalue weighted by Crippen LogP contribution is -2.17. The fourth-order valence-electron chi connectivity index (χ4n) is 3.19. The van der Waals surface area contributed by atoms with Gasteiger partial charge in [-0.15, -0.1) is 0 Å². The van der Waals surface area contributed by atoms with Gasteiger partial charge in [-0.2, -0.15) is 0 Å². The molecule has 0 amide bonds. The highest BCUT2D eigenvalue weighted by atomic mass is 19.1. The van der Waals surface area contributed by atoms with E-state index in [2.05, 4.69) is 9.97 Å². The number of fused-ring (bicyclic) bond motifs is 1. The van der Waals surface area contributed by atoms with Crippen molar-refractivity contribution in [2.75, 3.05) is 14.2 Å². The minimum atomic E-state index is -0.341. The van der Waals surface area contributed by atoms with E-state index in [0.717, 1.165) is 11.1 Å². The molecule has 0 aliphatic carbocycles. The van der Waals surface area contributed by atoms with E-state index >= 15 is 0 Å². The van der Waals surface area contributed by atoms with Crippen molar-refractivity contribution >= 4 is 11.2 Å². The summed E-state index contributed by atoms with van der Waals surface area (Å²) < 4.78 is 25.8. The Labute approximate surface area is 160 Å². The lowest BCUT2D eigenvalue weighted by Gasteiger charge is -2.11. The fourth-order valence-corrected chi connectivity index (χ4v) is 3.19. The van der Waals surface area contributed by atoms with Crippen LogP contribution in [0, 0.1) is 5.82 Å². The number of benzene rings is 2. The summed E-state index contributed by atoms with van der Waals surface area (Å²) in [6, 6.07) is 13.5. The Morgan fingerprint density at radius 2 is 1.96 bits per heavy atom. The Morgan fingerprint density at radius 1 is 1.11 bits per heavy atom.